The summed E-state index contributed by atoms with van der Waals surface area (Å²) in [6, 6.07) is 0. The molecule has 71 heavy (non-hydrogen) atoms. The number of carbonyl (C=O) groups is 2. The van der Waals surface area contributed by atoms with Crippen molar-refractivity contribution < 1.29 is 37.6 Å². The van der Waals surface area contributed by atoms with E-state index in [4.69, 9.17) is 24.3 Å². The van der Waals surface area contributed by atoms with Gasteiger partial charge in [-0.25, -0.2) is 4.57 Å². The molecular formula is C61H96NO8P. The molecule has 398 valence electrons. The van der Waals surface area contributed by atoms with Gasteiger partial charge in [0.25, 0.3) is 0 Å². The van der Waals surface area contributed by atoms with Gasteiger partial charge < -0.3 is 20.1 Å². The SMILES string of the molecule is CC/C=C\C/C=C\C/C=C\C/C=C\C/C=C\C/C=C\C/C=C\C/C=C\C/C=C\CCCCCCCCCCCC(=O)OC(COC(=O)CC/C=C\C/C=C\C/C=C\C/C=C\CC)COP(=O)(O)OCCN. The van der Waals surface area contributed by atoms with Crippen LogP contribution in [-0.2, 0) is 32.7 Å². The monoisotopic (exact) mass is 1000 g/mol. The first-order valence-electron chi connectivity index (χ1n) is 27.0. The van der Waals surface area contributed by atoms with E-state index in [-0.39, 0.29) is 32.6 Å². The highest BCUT2D eigenvalue weighted by molar-refractivity contribution is 7.47. The smallest absolute Gasteiger partial charge is 0.462 e. The number of allylic oxidation sites excluding steroid dienone is 26. The standard InChI is InChI=1S/C61H96NO8P/c1-3-5-7-9-11-13-15-17-18-19-20-21-22-23-24-25-26-27-28-29-30-31-32-33-34-35-36-37-38-39-40-42-44-46-48-50-52-54-61(64)70-59(58-69-71(65,66)68-56-55-62)57-67-60(63)53-51-49-47-45-43-41-16-14-12-10-8-6-4-2/h5-8,11-14,17-18,20-21,23-24,26-27,29-30,32-33,35-36,41,43,47,49,59H,3-4,9-10,15-16,19,22,25,28,31,34,37-40,42,44-46,48,50-58,62H2,1-2H3,(H,65,66)/b7-5-,8-6-,13-11-,14-12-,18-17-,21-20-,24-23-,27-26-,30-29-,33-32-,36-35-,43-41-,49-47-. The second-order valence-electron chi connectivity index (χ2n) is 17.0. The van der Waals surface area contributed by atoms with Gasteiger partial charge in [-0.15, -0.1) is 0 Å². The summed E-state index contributed by atoms with van der Waals surface area (Å²) in [7, 11) is -4.41. The van der Waals surface area contributed by atoms with E-state index < -0.39 is 32.5 Å². The van der Waals surface area contributed by atoms with Gasteiger partial charge in [0.2, 0.25) is 0 Å². The number of unbranched alkanes of at least 4 members (excludes halogenated alkanes) is 9. The second kappa shape index (κ2) is 55.0. The van der Waals surface area contributed by atoms with E-state index in [1.807, 2.05) is 12.2 Å². The Labute approximate surface area is 432 Å². The fourth-order valence-corrected chi connectivity index (χ4v) is 7.29. The predicted molar refractivity (Wildman–Crippen MR) is 302 cm³/mol. The van der Waals surface area contributed by atoms with E-state index in [0.29, 0.717) is 12.8 Å². The first kappa shape index (κ1) is 66.6. The summed E-state index contributed by atoms with van der Waals surface area (Å²) in [5.41, 5.74) is 5.36. The molecular weight excluding hydrogens is 906 g/mol. The van der Waals surface area contributed by atoms with Crippen molar-refractivity contribution in [1.82, 2.24) is 0 Å². The third-order valence-corrected chi connectivity index (χ3v) is 11.4. The molecule has 0 aromatic rings. The number of nitrogens with two attached hydrogens (primary N) is 1. The van der Waals surface area contributed by atoms with Gasteiger partial charge in [0.1, 0.15) is 6.61 Å². The van der Waals surface area contributed by atoms with E-state index in [9.17, 15) is 19.0 Å². The van der Waals surface area contributed by atoms with Gasteiger partial charge in [0.15, 0.2) is 6.10 Å². The van der Waals surface area contributed by atoms with E-state index in [2.05, 4.69) is 160 Å². The quantitative estimate of drug-likeness (QED) is 0.0264. The van der Waals surface area contributed by atoms with Gasteiger partial charge in [-0.05, 0) is 109 Å². The number of hydrogen-bond donors (Lipinski definition) is 2. The molecule has 9 nitrogen and oxygen atoms in total. The summed E-state index contributed by atoms with van der Waals surface area (Å²) < 4.78 is 32.8. The Hall–Kier alpha value is -4.37. The number of esters is 2. The molecule has 2 unspecified atom stereocenters. The van der Waals surface area contributed by atoms with Crippen LogP contribution in [0.1, 0.15) is 181 Å². The Morgan fingerprint density at radius 1 is 0.423 bits per heavy atom. The maximum Gasteiger partial charge on any atom is 0.472 e. The lowest BCUT2D eigenvalue weighted by Gasteiger charge is -2.19. The first-order valence-corrected chi connectivity index (χ1v) is 28.5. The molecule has 0 radical (unpaired) electrons. The molecule has 0 aliphatic carbocycles. The van der Waals surface area contributed by atoms with Gasteiger partial charge in [-0.2, -0.15) is 0 Å². The lowest BCUT2D eigenvalue weighted by Crippen LogP contribution is -2.29. The van der Waals surface area contributed by atoms with Crippen molar-refractivity contribution in [3.8, 4) is 0 Å². The molecule has 0 rings (SSSR count). The van der Waals surface area contributed by atoms with Gasteiger partial charge >= 0.3 is 19.8 Å². The van der Waals surface area contributed by atoms with Crippen LogP contribution >= 0.6 is 7.82 Å². The van der Waals surface area contributed by atoms with Crippen molar-refractivity contribution in [2.24, 2.45) is 5.73 Å². The highest BCUT2D eigenvalue weighted by atomic mass is 31.2. The van der Waals surface area contributed by atoms with Gasteiger partial charge in [0.05, 0.1) is 13.2 Å². The van der Waals surface area contributed by atoms with E-state index in [0.717, 1.165) is 109 Å². The molecule has 0 heterocycles. The van der Waals surface area contributed by atoms with Crippen molar-refractivity contribution >= 4 is 19.8 Å². The van der Waals surface area contributed by atoms with Crippen LogP contribution in [0, 0.1) is 0 Å². The molecule has 0 saturated heterocycles. The van der Waals surface area contributed by atoms with Gasteiger partial charge in [-0.3, -0.25) is 18.6 Å². The van der Waals surface area contributed by atoms with Crippen LogP contribution < -0.4 is 5.73 Å². The number of phosphoric acid groups is 1. The van der Waals surface area contributed by atoms with Crippen molar-refractivity contribution in [3.05, 3.63) is 158 Å². The third-order valence-electron chi connectivity index (χ3n) is 10.4. The second-order valence-corrected chi connectivity index (χ2v) is 18.4. The molecule has 0 bridgehead atoms. The third kappa shape index (κ3) is 54.8. The van der Waals surface area contributed by atoms with Gasteiger partial charge in [-0.1, -0.05) is 217 Å². The number of rotatable bonds is 48. The molecule has 0 spiro atoms. The number of ether oxygens (including phenoxy) is 2. The summed E-state index contributed by atoms with van der Waals surface area (Å²) in [5.74, 6) is -0.945. The zero-order valence-electron chi connectivity index (χ0n) is 44.1. The molecule has 0 fully saturated rings. The van der Waals surface area contributed by atoms with Crippen molar-refractivity contribution in [2.75, 3.05) is 26.4 Å². The summed E-state index contributed by atoms with van der Waals surface area (Å²) in [6.07, 6.45) is 80.3. The Morgan fingerprint density at radius 3 is 1.14 bits per heavy atom. The maximum atomic E-state index is 12.7. The van der Waals surface area contributed by atoms with Crippen molar-refractivity contribution in [1.29, 1.82) is 0 Å². The van der Waals surface area contributed by atoms with Crippen molar-refractivity contribution in [2.45, 2.75) is 187 Å². The highest BCUT2D eigenvalue weighted by Crippen LogP contribution is 2.43. The van der Waals surface area contributed by atoms with Crippen molar-refractivity contribution in [3.63, 3.8) is 0 Å². The predicted octanol–water partition coefficient (Wildman–Crippen LogP) is 16.9. The lowest BCUT2D eigenvalue weighted by atomic mass is 10.1. The fourth-order valence-electron chi connectivity index (χ4n) is 6.52. The average molecular weight is 1000 g/mol. The minimum Gasteiger partial charge on any atom is -0.462 e. The number of hydrogen-bond acceptors (Lipinski definition) is 8. The van der Waals surface area contributed by atoms with E-state index in [1.54, 1.807) is 0 Å². The van der Waals surface area contributed by atoms with Crippen LogP contribution in [0.2, 0.25) is 0 Å². The van der Waals surface area contributed by atoms with Crippen LogP contribution in [0.3, 0.4) is 0 Å². The first-order chi connectivity index (χ1) is 34.8. The number of carbonyl (C=O) groups excluding carboxylic acids is 2. The average Bonchev–Trinajstić information content (AvgIpc) is 3.36. The summed E-state index contributed by atoms with van der Waals surface area (Å²) in [4.78, 5) is 35.0. The molecule has 0 aliphatic heterocycles. The van der Waals surface area contributed by atoms with E-state index >= 15 is 0 Å². The largest absolute Gasteiger partial charge is 0.472 e. The Morgan fingerprint density at radius 2 is 0.761 bits per heavy atom. The lowest BCUT2D eigenvalue weighted by molar-refractivity contribution is -0.161. The van der Waals surface area contributed by atoms with Crippen LogP contribution in [0.5, 0.6) is 0 Å². The van der Waals surface area contributed by atoms with Crippen LogP contribution in [0.25, 0.3) is 0 Å². The Bertz CT molecular complexity index is 1710. The van der Waals surface area contributed by atoms with Gasteiger partial charge in [0, 0.05) is 19.4 Å². The minimum absolute atomic E-state index is 0.0351. The molecule has 3 N–H and O–H groups in total. The molecule has 0 aromatic carbocycles. The summed E-state index contributed by atoms with van der Waals surface area (Å²) in [5, 5.41) is 0. The molecule has 2 atom stereocenters. The highest BCUT2D eigenvalue weighted by Gasteiger charge is 2.26. The van der Waals surface area contributed by atoms with Crippen LogP contribution in [0.4, 0.5) is 0 Å². The molecule has 0 amide bonds. The fraction of sp³-hybridized carbons (Fsp3) is 0.541. The number of phosphoric ester groups is 1. The molecule has 10 heteroatoms. The molecule has 0 saturated carbocycles. The summed E-state index contributed by atoms with van der Waals surface area (Å²) in [6.45, 7) is 3.38. The Kier molecular flexibility index (Phi) is 51.6. The molecule has 0 aliphatic rings. The zero-order chi connectivity index (χ0) is 51.7. The van der Waals surface area contributed by atoms with E-state index in [1.165, 1.54) is 32.1 Å². The normalized spacial score (nSPS) is 14.4. The topological polar surface area (TPSA) is 134 Å². The summed E-state index contributed by atoms with van der Waals surface area (Å²) >= 11 is 0. The zero-order valence-corrected chi connectivity index (χ0v) is 45.0. The van der Waals surface area contributed by atoms with Crippen LogP contribution in [0.15, 0.2) is 158 Å². The molecule has 0 aromatic heterocycles. The maximum absolute atomic E-state index is 12.7. The Balaban J connectivity index is 4.04. The minimum atomic E-state index is -4.41. The van der Waals surface area contributed by atoms with Crippen LogP contribution in [-0.4, -0.2) is 49.3 Å².